The van der Waals surface area contributed by atoms with Crippen LogP contribution in [0.2, 0.25) is 0 Å². The Hall–Kier alpha value is -1.10. The van der Waals surface area contributed by atoms with E-state index in [0.29, 0.717) is 13.0 Å². The maximum absolute atomic E-state index is 11.2. The lowest BCUT2D eigenvalue weighted by Crippen LogP contribution is -2.41. The van der Waals surface area contributed by atoms with Gasteiger partial charge in [0, 0.05) is 13.5 Å². The predicted octanol–water partition coefficient (Wildman–Crippen LogP) is 0.638. The molecule has 0 radical (unpaired) electrons. The van der Waals surface area contributed by atoms with Crippen LogP contribution >= 0.6 is 0 Å². The molecule has 0 spiro atoms. The highest BCUT2D eigenvalue weighted by molar-refractivity contribution is 5.83. The normalized spacial score (nSPS) is 12.5. The zero-order valence-corrected chi connectivity index (χ0v) is 9.45. The van der Waals surface area contributed by atoms with Crippen LogP contribution in [0.1, 0.15) is 26.7 Å². The van der Waals surface area contributed by atoms with Crippen molar-refractivity contribution in [2.24, 2.45) is 5.92 Å². The highest BCUT2D eigenvalue weighted by Gasteiger charge is 2.20. The van der Waals surface area contributed by atoms with Crippen LogP contribution in [-0.4, -0.2) is 36.7 Å². The Kier molecular flexibility index (Phi) is 6.70. The summed E-state index contributed by atoms with van der Waals surface area (Å²) in [6, 6.07) is -0.797. The van der Waals surface area contributed by atoms with Crippen LogP contribution in [0.4, 0.5) is 0 Å². The first-order valence-electron chi connectivity index (χ1n) is 4.98. The SMILES string of the molecule is COCCC(=O)N[C@H](CC(C)C)C(=O)O. The van der Waals surface area contributed by atoms with E-state index in [4.69, 9.17) is 9.84 Å². The quantitative estimate of drug-likeness (QED) is 0.656. The zero-order chi connectivity index (χ0) is 11.8. The van der Waals surface area contributed by atoms with Crippen LogP contribution in [0, 0.1) is 5.92 Å². The zero-order valence-electron chi connectivity index (χ0n) is 9.45. The molecule has 1 atom stereocenters. The summed E-state index contributed by atoms with van der Waals surface area (Å²) in [5.74, 6) is -1.05. The van der Waals surface area contributed by atoms with Crippen LogP contribution < -0.4 is 5.32 Å². The van der Waals surface area contributed by atoms with Crippen molar-refractivity contribution in [3.63, 3.8) is 0 Å². The largest absolute Gasteiger partial charge is 0.480 e. The van der Waals surface area contributed by atoms with Gasteiger partial charge in [0.1, 0.15) is 6.04 Å². The lowest BCUT2D eigenvalue weighted by molar-refractivity contribution is -0.142. The summed E-state index contributed by atoms with van der Waals surface area (Å²) >= 11 is 0. The van der Waals surface area contributed by atoms with Crippen LogP contribution in [0.15, 0.2) is 0 Å². The lowest BCUT2D eigenvalue weighted by atomic mass is 10.0. The number of carboxylic acids is 1. The summed E-state index contributed by atoms with van der Waals surface area (Å²) in [5, 5.41) is 11.3. The minimum atomic E-state index is -0.991. The molecule has 0 saturated carbocycles. The average Bonchev–Trinajstić information content (AvgIpc) is 2.12. The minimum Gasteiger partial charge on any atom is -0.480 e. The van der Waals surface area contributed by atoms with Crippen molar-refractivity contribution >= 4 is 11.9 Å². The summed E-state index contributed by atoms with van der Waals surface area (Å²) in [6.45, 7) is 4.13. The number of carboxylic acid groups (broad SMARTS) is 1. The third-order valence-corrected chi connectivity index (χ3v) is 1.87. The van der Waals surface area contributed by atoms with E-state index in [1.165, 1.54) is 7.11 Å². The first-order chi connectivity index (χ1) is 6.97. The number of amides is 1. The minimum absolute atomic E-state index is 0.193. The molecule has 0 aromatic carbocycles. The van der Waals surface area contributed by atoms with Gasteiger partial charge in [-0.05, 0) is 12.3 Å². The van der Waals surface area contributed by atoms with E-state index >= 15 is 0 Å². The van der Waals surface area contributed by atoms with E-state index in [0.717, 1.165) is 0 Å². The fourth-order valence-electron chi connectivity index (χ4n) is 1.15. The van der Waals surface area contributed by atoms with Gasteiger partial charge >= 0.3 is 5.97 Å². The van der Waals surface area contributed by atoms with E-state index in [-0.39, 0.29) is 18.2 Å². The molecule has 0 aliphatic carbocycles. The smallest absolute Gasteiger partial charge is 0.326 e. The van der Waals surface area contributed by atoms with Gasteiger partial charge in [-0.25, -0.2) is 4.79 Å². The fraction of sp³-hybridized carbons (Fsp3) is 0.800. The van der Waals surface area contributed by atoms with Crippen LogP contribution in [0.3, 0.4) is 0 Å². The molecule has 0 unspecified atom stereocenters. The fourth-order valence-corrected chi connectivity index (χ4v) is 1.15. The third-order valence-electron chi connectivity index (χ3n) is 1.87. The number of rotatable bonds is 7. The maximum Gasteiger partial charge on any atom is 0.326 e. The topological polar surface area (TPSA) is 75.6 Å². The molecular formula is C10H19NO4. The Morgan fingerprint density at radius 1 is 1.40 bits per heavy atom. The monoisotopic (exact) mass is 217 g/mol. The summed E-state index contributed by atoms with van der Waals surface area (Å²) in [6.07, 6.45) is 0.631. The van der Waals surface area contributed by atoms with Gasteiger partial charge in [-0.15, -0.1) is 0 Å². The molecule has 0 aromatic rings. The van der Waals surface area contributed by atoms with Crippen molar-refractivity contribution < 1.29 is 19.4 Å². The number of ether oxygens (including phenoxy) is 1. The number of carbonyl (C=O) groups excluding carboxylic acids is 1. The Bertz CT molecular complexity index is 215. The molecule has 5 heteroatoms. The number of aliphatic carboxylic acids is 1. The van der Waals surface area contributed by atoms with E-state index in [1.54, 1.807) is 0 Å². The highest BCUT2D eigenvalue weighted by atomic mass is 16.5. The Morgan fingerprint density at radius 2 is 2.00 bits per heavy atom. The van der Waals surface area contributed by atoms with Gasteiger partial charge in [-0.3, -0.25) is 4.79 Å². The molecule has 88 valence electrons. The van der Waals surface area contributed by atoms with Gasteiger partial charge in [0.05, 0.1) is 6.61 Å². The van der Waals surface area contributed by atoms with Gasteiger partial charge in [-0.2, -0.15) is 0 Å². The van der Waals surface area contributed by atoms with Crippen molar-refractivity contribution in [3.05, 3.63) is 0 Å². The molecule has 0 aliphatic heterocycles. The Balaban J connectivity index is 4.05. The summed E-state index contributed by atoms with van der Waals surface area (Å²) in [7, 11) is 1.50. The van der Waals surface area contributed by atoms with Crippen molar-refractivity contribution in [3.8, 4) is 0 Å². The van der Waals surface area contributed by atoms with Crippen LogP contribution in [-0.2, 0) is 14.3 Å². The van der Waals surface area contributed by atoms with E-state index in [9.17, 15) is 9.59 Å². The lowest BCUT2D eigenvalue weighted by Gasteiger charge is -2.16. The number of methoxy groups -OCH3 is 1. The molecule has 0 fully saturated rings. The van der Waals surface area contributed by atoms with E-state index < -0.39 is 12.0 Å². The Morgan fingerprint density at radius 3 is 2.40 bits per heavy atom. The molecule has 0 rings (SSSR count). The first-order valence-corrected chi connectivity index (χ1v) is 4.98. The van der Waals surface area contributed by atoms with Crippen molar-refractivity contribution in [1.82, 2.24) is 5.32 Å². The molecule has 5 nitrogen and oxygen atoms in total. The molecule has 0 aromatic heterocycles. The molecule has 0 saturated heterocycles. The van der Waals surface area contributed by atoms with Crippen molar-refractivity contribution in [2.45, 2.75) is 32.7 Å². The highest BCUT2D eigenvalue weighted by Crippen LogP contribution is 2.05. The number of hydrogen-bond donors (Lipinski definition) is 2. The molecule has 15 heavy (non-hydrogen) atoms. The van der Waals surface area contributed by atoms with Gasteiger partial charge in [0.2, 0.25) is 5.91 Å². The molecule has 0 aliphatic rings. The summed E-state index contributed by atoms with van der Waals surface area (Å²) in [5.41, 5.74) is 0. The molecule has 0 bridgehead atoms. The van der Waals surface area contributed by atoms with Gasteiger partial charge in [0.25, 0.3) is 0 Å². The van der Waals surface area contributed by atoms with E-state index in [2.05, 4.69) is 5.32 Å². The van der Waals surface area contributed by atoms with Gasteiger partial charge < -0.3 is 15.2 Å². The van der Waals surface area contributed by atoms with Crippen molar-refractivity contribution in [2.75, 3.05) is 13.7 Å². The van der Waals surface area contributed by atoms with Crippen LogP contribution in [0.5, 0.6) is 0 Å². The van der Waals surface area contributed by atoms with Gasteiger partial charge in [-0.1, -0.05) is 13.8 Å². The standard InChI is InChI=1S/C10H19NO4/c1-7(2)6-8(10(13)14)11-9(12)4-5-15-3/h7-8H,4-6H2,1-3H3,(H,11,12)(H,13,14)/t8-/m1/s1. The molecule has 0 heterocycles. The number of hydrogen-bond acceptors (Lipinski definition) is 3. The molecular weight excluding hydrogens is 198 g/mol. The van der Waals surface area contributed by atoms with E-state index in [1.807, 2.05) is 13.8 Å². The number of carbonyl (C=O) groups is 2. The second-order valence-electron chi connectivity index (χ2n) is 3.83. The summed E-state index contributed by atoms with van der Waals surface area (Å²) in [4.78, 5) is 22.0. The average molecular weight is 217 g/mol. The first kappa shape index (κ1) is 13.9. The molecule has 2 N–H and O–H groups in total. The van der Waals surface area contributed by atoms with Crippen molar-refractivity contribution in [1.29, 1.82) is 0 Å². The number of nitrogens with one attached hydrogen (secondary N) is 1. The van der Waals surface area contributed by atoms with Crippen LogP contribution in [0.25, 0.3) is 0 Å². The maximum atomic E-state index is 11.2. The predicted molar refractivity (Wildman–Crippen MR) is 55.5 cm³/mol. The summed E-state index contributed by atoms with van der Waals surface area (Å²) < 4.78 is 4.73. The second kappa shape index (κ2) is 7.23. The third kappa shape index (κ3) is 6.90. The van der Waals surface area contributed by atoms with Gasteiger partial charge in [0.15, 0.2) is 0 Å². The second-order valence-corrected chi connectivity index (χ2v) is 3.83. The Labute approximate surface area is 89.8 Å². The molecule has 1 amide bonds.